The first-order valence-corrected chi connectivity index (χ1v) is 10.8. The normalized spacial score (nSPS) is 11.5. The SMILES string of the molecule is CN(C)C=O.N#CC(=C(O)CSc1nnc2c(Cl)cc(Cl)cn12)c1nc2ccccc2[nH]1. The number of aliphatic hydroxyl groups excluding tert-OH is 1. The van der Waals surface area contributed by atoms with Gasteiger partial charge in [0, 0.05) is 20.3 Å². The summed E-state index contributed by atoms with van der Waals surface area (Å²) in [6.07, 6.45) is 2.39. The molecule has 0 radical (unpaired) electrons. The first-order chi connectivity index (χ1) is 15.3. The fourth-order valence-corrected chi connectivity index (χ4v) is 3.83. The minimum Gasteiger partial charge on any atom is -0.510 e. The van der Waals surface area contributed by atoms with Crippen LogP contribution in [0.4, 0.5) is 0 Å². The number of imidazole rings is 1. The number of nitrogens with zero attached hydrogens (tertiary/aromatic N) is 6. The van der Waals surface area contributed by atoms with Crippen LogP contribution in [0.15, 0.2) is 47.4 Å². The van der Waals surface area contributed by atoms with Crippen LogP contribution in [0.25, 0.3) is 22.3 Å². The fraction of sp³-hybridized carbons (Fsp3) is 0.150. The highest BCUT2D eigenvalue weighted by molar-refractivity contribution is 7.99. The summed E-state index contributed by atoms with van der Waals surface area (Å²) >= 11 is 13.3. The van der Waals surface area contributed by atoms with Crippen molar-refractivity contribution in [3.63, 3.8) is 0 Å². The van der Waals surface area contributed by atoms with Gasteiger partial charge in [-0.3, -0.25) is 9.20 Å². The van der Waals surface area contributed by atoms with Crippen molar-refractivity contribution in [1.82, 2.24) is 29.5 Å². The third kappa shape index (κ3) is 5.31. The molecule has 0 spiro atoms. The molecule has 0 atom stereocenters. The lowest BCUT2D eigenvalue weighted by Crippen LogP contribution is -2.06. The molecule has 0 bridgehead atoms. The van der Waals surface area contributed by atoms with E-state index in [-0.39, 0.29) is 17.1 Å². The average Bonchev–Trinajstić information content (AvgIpc) is 3.37. The van der Waals surface area contributed by atoms with Gasteiger partial charge in [-0.2, -0.15) is 5.26 Å². The number of aromatic nitrogens is 5. The second-order valence-corrected chi connectivity index (χ2v) is 8.36. The van der Waals surface area contributed by atoms with Gasteiger partial charge in [0.1, 0.15) is 17.4 Å². The molecule has 3 heterocycles. The van der Waals surface area contributed by atoms with Crippen LogP contribution in [0.1, 0.15) is 5.82 Å². The van der Waals surface area contributed by atoms with Crippen molar-refractivity contribution in [2.75, 3.05) is 19.8 Å². The summed E-state index contributed by atoms with van der Waals surface area (Å²) in [7, 11) is 3.38. The van der Waals surface area contributed by atoms with Crippen LogP contribution in [0.3, 0.4) is 0 Å². The zero-order valence-electron chi connectivity index (χ0n) is 17.0. The van der Waals surface area contributed by atoms with Crippen molar-refractivity contribution in [3.05, 3.63) is 58.2 Å². The number of nitriles is 1. The van der Waals surface area contributed by atoms with Crippen molar-refractivity contribution >= 4 is 63.6 Å². The predicted octanol–water partition coefficient (Wildman–Crippen LogP) is 4.20. The fourth-order valence-electron chi connectivity index (χ4n) is 2.53. The van der Waals surface area contributed by atoms with Crippen molar-refractivity contribution < 1.29 is 9.90 Å². The van der Waals surface area contributed by atoms with Gasteiger partial charge in [-0.15, -0.1) is 10.2 Å². The number of carbonyl (C=O) groups is 1. The maximum Gasteiger partial charge on any atom is 0.209 e. The largest absolute Gasteiger partial charge is 0.510 e. The second-order valence-electron chi connectivity index (χ2n) is 6.58. The van der Waals surface area contributed by atoms with Gasteiger partial charge in [0.25, 0.3) is 0 Å². The predicted molar refractivity (Wildman–Crippen MR) is 125 cm³/mol. The van der Waals surface area contributed by atoms with Gasteiger partial charge in [-0.1, -0.05) is 47.1 Å². The van der Waals surface area contributed by atoms with Gasteiger partial charge in [0.2, 0.25) is 6.41 Å². The van der Waals surface area contributed by atoms with E-state index < -0.39 is 0 Å². The number of amides is 1. The molecule has 32 heavy (non-hydrogen) atoms. The summed E-state index contributed by atoms with van der Waals surface area (Å²) in [4.78, 5) is 18.3. The highest BCUT2D eigenvalue weighted by Crippen LogP contribution is 2.27. The van der Waals surface area contributed by atoms with Gasteiger partial charge < -0.3 is 15.0 Å². The van der Waals surface area contributed by atoms with Gasteiger partial charge in [0.05, 0.1) is 26.8 Å². The third-order valence-corrected chi connectivity index (χ3v) is 5.41. The number of allylic oxidation sites excluding steroid dienone is 1. The molecule has 3 aromatic heterocycles. The monoisotopic (exact) mass is 489 g/mol. The molecular weight excluding hydrogens is 473 g/mol. The number of hydrogen-bond donors (Lipinski definition) is 2. The summed E-state index contributed by atoms with van der Waals surface area (Å²) in [5, 5.41) is 29.3. The van der Waals surface area contributed by atoms with Gasteiger partial charge in [0.15, 0.2) is 16.6 Å². The number of H-pyrrole nitrogens is 1. The van der Waals surface area contributed by atoms with Crippen molar-refractivity contribution in [2.24, 2.45) is 0 Å². The Morgan fingerprint density at radius 2 is 2.06 bits per heavy atom. The number of carbonyl (C=O) groups excluding carboxylic acids is 1. The average molecular weight is 490 g/mol. The van der Waals surface area contributed by atoms with Gasteiger partial charge in [-0.25, -0.2) is 4.98 Å². The van der Waals surface area contributed by atoms with E-state index in [2.05, 4.69) is 20.2 Å². The Morgan fingerprint density at radius 3 is 2.72 bits per heavy atom. The molecule has 0 aliphatic heterocycles. The molecule has 0 saturated carbocycles. The number of hydrogen-bond acceptors (Lipinski definition) is 7. The van der Waals surface area contributed by atoms with E-state index in [9.17, 15) is 15.2 Å². The Bertz CT molecular complexity index is 1310. The Morgan fingerprint density at radius 1 is 1.34 bits per heavy atom. The zero-order chi connectivity index (χ0) is 23.3. The van der Waals surface area contributed by atoms with E-state index >= 15 is 0 Å². The number of fused-ring (bicyclic) bond motifs is 2. The molecule has 0 saturated heterocycles. The number of rotatable bonds is 5. The van der Waals surface area contributed by atoms with Crippen molar-refractivity contribution in [3.8, 4) is 6.07 Å². The van der Waals surface area contributed by atoms with Crippen LogP contribution < -0.4 is 0 Å². The highest BCUT2D eigenvalue weighted by atomic mass is 35.5. The highest BCUT2D eigenvalue weighted by Gasteiger charge is 2.16. The molecule has 0 aliphatic rings. The quantitative estimate of drug-likeness (QED) is 0.186. The molecule has 4 rings (SSSR count). The first kappa shape index (κ1) is 23.4. The number of para-hydroxylation sites is 2. The molecule has 12 heteroatoms. The number of aliphatic hydroxyl groups is 1. The smallest absolute Gasteiger partial charge is 0.209 e. The van der Waals surface area contributed by atoms with E-state index in [0.717, 1.165) is 11.9 Å². The molecular formula is C20H17Cl2N7O2S. The Kier molecular flexibility index (Phi) is 7.58. The minimum atomic E-state index is -0.119. The number of nitrogens with one attached hydrogen (secondary N) is 1. The molecule has 1 aromatic carbocycles. The third-order valence-electron chi connectivity index (χ3n) is 3.97. The maximum absolute atomic E-state index is 10.4. The second kappa shape index (κ2) is 10.4. The number of thioether (sulfide) groups is 1. The molecule has 164 valence electrons. The standard InChI is InChI=1S/C17H10Cl2N6OS.C3H7NO/c18-9-5-11(19)16-23-24-17(25(16)7-9)27-8-14(26)10(6-20)15-21-12-3-1-2-4-13(12)22-15;1-4(2)3-5/h1-5,7,26H,8H2,(H,21,22);3H,1-2H3. The lowest BCUT2D eigenvalue weighted by molar-refractivity contribution is -0.115. The zero-order valence-corrected chi connectivity index (χ0v) is 19.3. The number of aromatic amines is 1. The maximum atomic E-state index is 10.4. The molecule has 2 N–H and O–H groups in total. The molecule has 9 nitrogen and oxygen atoms in total. The van der Waals surface area contributed by atoms with Gasteiger partial charge >= 0.3 is 0 Å². The molecule has 0 unspecified atom stereocenters. The van der Waals surface area contributed by atoms with E-state index in [1.807, 2.05) is 30.3 Å². The van der Waals surface area contributed by atoms with E-state index in [4.69, 9.17) is 23.2 Å². The Hall–Kier alpha value is -3.26. The van der Waals surface area contributed by atoms with Crippen LogP contribution in [0, 0.1) is 11.3 Å². The number of halogens is 2. The topological polar surface area (TPSA) is 123 Å². The first-order valence-electron chi connectivity index (χ1n) is 9.05. The summed E-state index contributed by atoms with van der Waals surface area (Å²) in [6, 6.07) is 11.0. The Balaban J connectivity index is 0.000000523. The lowest BCUT2D eigenvalue weighted by atomic mass is 10.2. The summed E-state index contributed by atoms with van der Waals surface area (Å²) in [5.41, 5.74) is 2.04. The van der Waals surface area contributed by atoms with Crippen LogP contribution in [-0.4, -0.2) is 60.8 Å². The van der Waals surface area contributed by atoms with Crippen molar-refractivity contribution in [2.45, 2.75) is 5.16 Å². The molecule has 0 aliphatic carbocycles. The van der Waals surface area contributed by atoms with E-state index in [0.29, 0.717) is 32.2 Å². The van der Waals surface area contributed by atoms with Crippen LogP contribution in [-0.2, 0) is 4.79 Å². The summed E-state index contributed by atoms with van der Waals surface area (Å²) < 4.78 is 1.63. The van der Waals surface area contributed by atoms with Crippen LogP contribution >= 0.6 is 35.0 Å². The number of pyridine rings is 1. The summed E-state index contributed by atoms with van der Waals surface area (Å²) in [6.45, 7) is 0. The van der Waals surface area contributed by atoms with Crippen molar-refractivity contribution in [1.29, 1.82) is 5.26 Å². The Labute approximate surface area is 197 Å². The lowest BCUT2D eigenvalue weighted by Gasteiger charge is -2.03. The van der Waals surface area contributed by atoms with Crippen LogP contribution in [0.2, 0.25) is 10.0 Å². The van der Waals surface area contributed by atoms with Gasteiger partial charge in [-0.05, 0) is 18.2 Å². The molecule has 4 aromatic rings. The minimum absolute atomic E-state index is 0.0728. The number of benzene rings is 1. The summed E-state index contributed by atoms with van der Waals surface area (Å²) in [5.74, 6) is 0.297. The van der Waals surface area contributed by atoms with E-state index in [1.165, 1.54) is 16.7 Å². The van der Waals surface area contributed by atoms with Crippen LogP contribution in [0.5, 0.6) is 0 Å². The van der Waals surface area contributed by atoms with E-state index in [1.54, 1.807) is 30.8 Å². The molecule has 1 amide bonds. The molecule has 0 fully saturated rings.